The Labute approximate surface area is 122 Å². The van der Waals surface area contributed by atoms with Crippen molar-refractivity contribution in [3.63, 3.8) is 0 Å². The third-order valence-electron chi connectivity index (χ3n) is 2.64. The fourth-order valence-corrected chi connectivity index (χ4v) is 1.59. The minimum atomic E-state index is -0.579. The summed E-state index contributed by atoms with van der Waals surface area (Å²) in [5.74, 6) is -1.30. The Morgan fingerprint density at radius 2 is 1.14 bits per heavy atom. The smallest absolute Gasteiger partial charge is 0.345 e. The van der Waals surface area contributed by atoms with Crippen LogP contribution in [0.1, 0.15) is 27.6 Å². The Balaban J connectivity index is 2.02. The second kappa shape index (κ2) is 7.05. The predicted molar refractivity (Wildman–Crippen MR) is 77.5 cm³/mol. The molecule has 0 unspecified atom stereocenters. The summed E-state index contributed by atoms with van der Waals surface area (Å²) in [7, 11) is 0. The van der Waals surface area contributed by atoms with Gasteiger partial charge in [-0.25, -0.2) is 9.59 Å². The standard InChI is InChI=1S/C17H14O4/c1-2-15(20-16(18)13-9-5-3-6-10-13)21-17(19)14-11-7-4-8-12-14/h2-12H,1H3. The second-order valence-corrected chi connectivity index (χ2v) is 4.12. The number of hydrogen-bond acceptors (Lipinski definition) is 4. The molecule has 0 aliphatic carbocycles. The number of allylic oxidation sites excluding steroid dienone is 1. The Bertz CT molecular complexity index is 590. The van der Waals surface area contributed by atoms with Crippen LogP contribution >= 0.6 is 0 Å². The lowest BCUT2D eigenvalue weighted by molar-refractivity contribution is 0.0233. The zero-order chi connectivity index (χ0) is 15.1. The zero-order valence-electron chi connectivity index (χ0n) is 11.5. The molecular weight excluding hydrogens is 268 g/mol. The van der Waals surface area contributed by atoms with Crippen LogP contribution in [0.5, 0.6) is 0 Å². The molecule has 0 saturated heterocycles. The van der Waals surface area contributed by atoms with E-state index in [1.54, 1.807) is 67.6 Å². The largest absolute Gasteiger partial charge is 0.389 e. The molecule has 0 amide bonds. The summed E-state index contributed by atoms with van der Waals surface area (Å²) in [5.41, 5.74) is 0.764. The van der Waals surface area contributed by atoms with Crippen molar-refractivity contribution in [1.29, 1.82) is 0 Å². The SMILES string of the molecule is CC=C(OC(=O)c1ccccc1)OC(=O)c1ccccc1. The summed E-state index contributed by atoms with van der Waals surface area (Å²) >= 11 is 0. The van der Waals surface area contributed by atoms with Crippen molar-refractivity contribution in [2.45, 2.75) is 6.92 Å². The number of rotatable bonds is 4. The van der Waals surface area contributed by atoms with Gasteiger partial charge in [-0.05, 0) is 37.3 Å². The predicted octanol–water partition coefficient (Wildman–Crippen LogP) is 3.56. The van der Waals surface area contributed by atoms with Crippen molar-refractivity contribution in [3.8, 4) is 0 Å². The highest BCUT2D eigenvalue weighted by atomic mass is 16.7. The third kappa shape index (κ3) is 4.04. The lowest BCUT2D eigenvalue weighted by Crippen LogP contribution is -2.11. The molecule has 0 radical (unpaired) electrons. The molecule has 2 aromatic carbocycles. The van der Waals surface area contributed by atoms with Gasteiger partial charge in [0.1, 0.15) is 0 Å². The highest BCUT2D eigenvalue weighted by molar-refractivity contribution is 5.91. The van der Waals surface area contributed by atoms with Gasteiger partial charge < -0.3 is 9.47 Å². The number of carbonyl (C=O) groups is 2. The first-order chi connectivity index (χ1) is 10.2. The van der Waals surface area contributed by atoms with E-state index in [4.69, 9.17) is 9.47 Å². The van der Waals surface area contributed by atoms with Crippen LogP contribution in [0.25, 0.3) is 0 Å². The van der Waals surface area contributed by atoms with Gasteiger partial charge in [-0.3, -0.25) is 0 Å². The summed E-state index contributed by atoms with van der Waals surface area (Å²) in [5, 5.41) is 0. The Morgan fingerprint density at radius 3 is 1.48 bits per heavy atom. The van der Waals surface area contributed by atoms with Gasteiger partial charge in [0.2, 0.25) is 0 Å². The van der Waals surface area contributed by atoms with Crippen LogP contribution in [0.3, 0.4) is 0 Å². The topological polar surface area (TPSA) is 52.6 Å². The normalized spacial score (nSPS) is 9.57. The van der Waals surface area contributed by atoms with Gasteiger partial charge in [0.15, 0.2) is 0 Å². The molecule has 0 heterocycles. The van der Waals surface area contributed by atoms with E-state index in [9.17, 15) is 9.59 Å². The molecule has 0 bridgehead atoms. The maximum absolute atomic E-state index is 11.9. The molecule has 0 atom stereocenters. The second-order valence-electron chi connectivity index (χ2n) is 4.12. The van der Waals surface area contributed by atoms with Crippen LogP contribution in [-0.2, 0) is 9.47 Å². The van der Waals surface area contributed by atoms with Crippen molar-refractivity contribution >= 4 is 11.9 Å². The summed E-state index contributed by atoms with van der Waals surface area (Å²) in [6, 6.07) is 17.0. The van der Waals surface area contributed by atoms with Crippen LogP contribution in [0.4, 0.5) is 0 Å². The molecule has 2 aromatic rings. The molecule has 4 heteroatoms. The van der Waals surface area contributed by atoms with E-state index in [2.05, 4.69) is 0 Å². The monoisotopic (exact) mass is 282 g/mol. The molecule has 21 heavy (non-hydrogen) atoms. The van der Waals surface area contributed by atoms with Gasteiger partial charge >= 0.3 is 11.9 Å². The average molecular weight is 282 g/mol. The fraction of sp³-hybridized carbons (Fsp3) is 0.0588. The lowest BCUT2D eigenvalue weighted by Gasteiger charge is -2.08. The van der Waals surface area contributed by atoms with E-state index >= 15 is 0 Å². The molecule has 0 N–H and O–H groups in total. The van der Waals surface area contributed by atoms with Crippen LogP contribution in [0.15, 0.2) is 72.7 Å². The van der Waals surface area contributed by atoms with Crippen molar-refractivity contribution in [2.24, 2.45) is 0 Å². The quantitative estimate of drug-likeness (QED) is 0.635. The van der Waals surface area contributed by atoms with Crippen LogP contribution in [-0.4, -0.2) is 11.9 Å². The molecular formula is C17H14O4. The number of esters is 2. The Hall–Kier alpha value is -2.88. The van der Waals surface area contributed by atoms with Crippen LogP contribution < -0.4 is 0 Å². The van der Waals surface area contributed by atoms with Gasteiger partial charge in [-0.1, -0.05) is 36.4 Å². The van der Waals surface area contributed by atoms with E-state index in [-0.39, 0.29) is 5.95 Å². The molecule has 106 valence electrons. The molecule has 0 saturated carbocycles. The van der Waals surface area contributed by atoms with E-state index in [1.807, 2.05) is 0 Å². The molecule has 0 spiro atoms. The Morgan fingerprint density at radius 1 is 0.762 bits per heavy atom. The molecule has 0 fully saturated rings. The molecule has 4 nitrogen and oxygen atoms in total. The number of benzene rings is 2. The first-order valence-electron chi connectivity index (χ1n) is 6.41. The highest BCUT2D eigenvalue weighted by Gasteiger charge is 2.14. The van der Waals surface area contributed by atoms with Crippen molar-refractivity contribution in [2.75, 3.05) is 0 Å². The lowest BCUT2D eigenvalue weighted by atomic mass is 10.2. The van der Waals surface area contributed by atoms with Gasteiger partial charge in [0.25, 0.3) is 5.95 Å². The minimum Gasteiger partial charge on any atom is -0.389 e. The number of hydrogen-bond donors (Lipinski definition) is 0. The van der Waals surface area contributed by atoms with Gasteiger partial charge in [-0.2, -0.15) is 0 Å². The van der Waals surface area contributed by atoms with Gasteiger partial charge in [0, 0.05) is 0 Å². The van der Waals surface area contributed by atoms with Gasteiger partial charge in [0.05, 0.1) is 11.1 Å². The molecule has 0 aliphatic heterocycles. The number of ether oxygens (including phenoxy) is 2. The summed E-state index contributed by atoms with van der Waals surface area (Å²) in [6.07, 6.45) is 1.42. The summed E-state index contributed by atoms with van der Waals surface area (Å²) < 4.78 is 10.1. The van der Waals surface area contributed by atoms with E-state index in [0.717, 1.165) is 0 Å². The van der Waals surface area contributed by atoms with Crippen LogP contribution in [0, 0.1) is 0 Å². The average Bonchev–Trinajstić information content (AvgIpc) is 2.55. The molecule has 0 aliphatic rings. The maximum Gasteiger partial charge on any atom is 0.345 e. The zero-order valence-corrected chi connectivity index (χ0v) is 11.5. The fourth-order valence-electron chi connectivity index (χ4n) is 1.59. The van der Waals surface area contributed by atoms with Gasteiger partial charge in [-0.15, -0.1) is 0 Å². The maximum atomic E-state index is 11.9. The first kappa shape index (κ1) is 14.5. The van der Waals surface area contributed by atoms with E-state index in [1.165, 1.54) is 6.08 Å². The first-order valence-corrected chi connectivity index (χ1v) is 6.41. The summed E-state index contributed by atoms with van der Waals surface area (Å²) in [6.45, 7) is 1.62. The molecule has 2 rings (SSSR count). The van der Waals surface area contributed by atoms with E-state index < -0.39 is 11.9 Å². The van der Waals surface area contributed by atoms with Crippen molar-refractivity contribution in [3.05, 3.63) is 83.8 Å². The number of carbonyl (C=O) groups excluding carboxylic acids is 2. The third-order valence-corrected chi connectivity index (χ3v) is 2.64. The molecule has 0 aromatic heterocycles. The van der Waals surface area contributed by atoms with Crippen LogP contribution in [0.2, 0.25) is 0 Å². The minimum absolute atomic E-state index is 0.141. The highest BCUT2D eigenvalue weighted by Crippen LogP contribution is 2.10. The summed E-state index contributed by atoms with van der Waals surface area (Å²) in [4.78, 5) is 23.8. The van der Waals surface area contributed by atoms with Crippen molar-refractivity contribution in [1.82, 2.24) is 0 Å². The van der Waals surface area contributed by atoms with E-state index in [0.29, 0.717) is 11.1 Å². The Kier molecular flexibility index (Phi) is 4.88. The van der Waals surface area contributed by atoms with Crippen molar-refractivity contribution < 1.29 is 19.1 Å².